The van der Waals surface area contributed by atoms with Gasteiger partial charge in [-0.05, 0) is 18.6 Å². The summed E-state index contributed by atoms with van der Waals surface area (Å²) in [6, 6.07) is 9.81. The lowest BCUT2D eigenvalue weighted by molar-refractivity contribution is 0.420. The van der Waals surface area contributed by atoms with E-state index in [1.165, 1.54) is 0 Å². The third-order valence-corrected chi connectivity index (χ3v) is 4.31. The molecule has 0 bridgehead atoms. The number of hydrogen-bond acceptors (Lipinski definition) is 5. The topological polar surface area (TPSA) is 87.0 Å². The number of nitrogens with two attached hydrogens (primary N) is 2. The van der Waals surface area contributed by atoms with Crippen molar-refractivity contribution in [3.63, 3.8) is 0 Å². The van der Waals surface area contributed by atoms with Gasteiger partial charge in [-0.15, -0.1) is 0 Å². The van der Waals surface area contributed by atoms with Gasteiger partial charge >= 0.3 is 0 Å². The van der Waals surface area contributed by atoms with Gasteiger partial charge in [0.25, 0.3) is 0 Å². The van der Waals surface area contributed by atoms with E-state index in [1.807, 2.05) is 37.3 Å². The molecule has 5 nitrogen and oxygen atoms in total. The first kappa shape index (κ1) is 13.6. The number of benzene rings is 2. The highest BCUT2D eigenvalue weighted by molar-refractivity contribution is 6.23. The smallest absolute Gasteiger partial charge is 0.133 e. The second-order valence-electron chi connectivity index (χ2n) is 5.58. The van der Waals surface area contributed by atoms with Crippen LogP contribution in [0.25, 0.3) is 32.6 Å². The van der Waals surface area contributed by atoms with E-state index in [1.54, 1.807) is 13.3 Å². The van der Waals surface area contributed by atoms with Crippen LogP contribution in [0.5, 0.6) is 5.75 Å². The Balaban J connectivity index is 2.41. The highest BCUT2D eigenvalue weighted by atomic mass is 16.5. The first-order valence-electron chi connectivity index (χ1n) is 7.31. The molecule has 0 spiro atoms. The molecule has 0 atom stereocenters. The maximum Gasteiger partial charge on any atom is 0.133 e. The summed E-state index contributed by atoms with van der Waals surface area (Å²) in [5.41, 5.74) is 15.5. The average molecular weight is 304 g/mol. The van der Waals surface area contributed by atoms with Gasteiger partial charge in [0.15, 0.2) is 0 Å². The molecule has 0 aliphatic rings. The first-order chi connectivity index (χ1) is 11.1. The van der Waals surface area contributed by atoms with Crippen molar-refractivity contribution in [1.29, 1.82) is 0 Å². The van der Waals surface area contributed by atoms with Crippen molar-refractivity contribution in [1.82, 2.24) is 9.97 Å². The number of anilines is 2. The van der Waals surface area contributed by atoms with E-state index in [0.717, 1.165) is 38.1 Å². The van der Waals surface area contributed by atoms with Crippen LogP contribution in [0.4, 0.5) is 11.5 Å². The van der Waals surface area contributed by atoms with Crippen LogP contribution in [0.3, 0.4) is 0 Å². The zero-order valence-electron chi connectivity index (χ0n) is 12.9. The predicted molar refractivity (Wildman–Crippen MR) is 94.7 cm³/mol. The van der Waals surface area contributed by atoms with Crippen LogP contribution in [-0.2, 0) is 0 Å². The van der Waals surface area contributed by atoms with Crippen molar-refractivity contribution in [2.75, 3.05) is 18.6 Å². The van der Waals surface area contributed by atoms with Gasteiger partial charge in [0.05, 0.1) is 23.5 Å². The lowest BCUT2D eigenvalue weighted by Gasteiger charge is -2.15. The lowest BCUT2D eigenvalue weighted by Crippen LogP contribution is -2.00. The zero-order chi connectivity index (χ0) is 16.1. The van der Waals surface area contributed by atoms with Crippen LogP contribution in [0.2, 0.25) is 0 Å². The van der Waals surface area contributed by atoms with E-state index in [2.05, 4.69) is 9.97 Å². The van der Waals surface area contributed by atoms with Gasteiger partial charge in [0.2, 0.25) is 0 Å². The van der Waals surface area contributed by atoms with Crippen molar-refractivity contribution in [2.24, 2.45) is 0 Å². The number of nitrogen functional groups attached to an aromatic ring is 2. The Labute approximate surface area is 132 Å². The van der Waals surface area contributed by atoms with Gasteiger partial charge in [-0.2, -0.15) is 0 Å². The van der Waals surface area contributed by atoms with Crippen LogP contribution in [-0.4, -0.2) is 17.1 Å². The van der Waals surface area contributed by atoms with Gasteiger partial charge in [-0.25, -0.2) is 4.98 Å². The van der Waals surface area contributed by atoms with Crippen molar-refractivity contribution in [3.05, 3.63) is 42.1 Å². The standard InChI is InChI=1S/C18H16N4O/c1-9-12(19)7-14(23-2)16-15-10-5-3-4-6-13(10)21-8-11(15)18(20)22-17(9)16/h3-8H,19H2,1-2H3,(H2,20,22). The molecular weight excluding hydrogens is 288 g/mol. The highest BCUT2D eigenvalue weighted by Gasteiger charge is 2.17. The Morgan fingerprint density at radius 1 is 1.04 bits per heavy atom. The number of para-hydroxylation sites is 1. The highest BCUT2D eigenvalue weighted by Crippen LogP contribution is 2.40. The Morgan fingerprint density at radius 2 is 1.83 bits per heavy atom. The summed E-state index contributed by atoms with van der Waals surface area (Å²) in [5.74, 6) is 1.14. The van der Waals surface area contributed by atoms with Crippen LogP contribution in [0, 0.1) is 6.92 Å². The third-order valence-electron chi connectivity index (χ3n) is 4.31. The number of ether oxygens (including phenoxy) is 1. The van der Waals surface area contributed by atoms with Gasteiger partial charge < -0.3 is 16.2 Å². The monoisotopic (exact) mass is 304 g/mol. The van der Waals surface area contributed by atoms with Gasteiger partial charge in [-0.1, -0.05) is 18.2 Å². The SMILES string of the molecule is COc1cc(N)c(C)c2nc(N)c3cnc4ccccc4c3c12. The minimum absolute atomic E-state index is 0.446. The van der Waals surface area contributed by atoms with E-state index in [4.69, 9.17) is 16.2 Å². The van der Waals surface area contributed by atoms with Crippen LogP contribution in [0.15, 0.2) is 36.5 Å². The number of hydrogen-bond donors (Lipinski definition) is 2. The number of nitrogens with zero attached hydrogens (tertiary/aromatic N) is 2. The largest absolute Gasteiger partial charge is 0.496 e. The van der Waals surface area contributed by atoms with Gasteiger partial charge in [-0.3, -0.25) is 4.98 Å². The van der Waals surface area contributed by atoms with E-state index < -0.39 is 0 Å². The predicted octanol–water partition coefficient (Wildman–Crippen LogP) is 3.42. The molecule has 0 aliphatic carbocycles. The van der Waals surface area contributed by atoms with Gasteiger partial charge in [0, 0.05) is 34.1 Å². The number of rotatable bonds is 1. The molecule has 0 saturated carbocycles. The number of pyridine rings is 2. The van der Waals surface area contributed by atoms with Crippen LogP contribution < -0.4 is 16.2 Å². The molecule has 2 aromatic carbocycles. The van der Waals surface area contributed by atoms with E-state index >= 15 is 0 Å². The van der Waals surface area contributed by atoms with Crippen molar-refractivity contribution in [2.45, 2.75) is 6.92 Å². The normalized spacial score (nSPS) is 11.4. The fraction of sp³-hybridized carbons (Fsp3) is 0.111. The zero-order valence-corrected chi connectivity index (χ0v) is 12.9. The summed E-state index contributed by atoms with van der Waals surface area (Å²) < 4.78 is 5.58. The minimum Gasteiger partial charge on any atom is -0.496 e. The van der Waals surface area contributed by atoms with E-state index in [9.17, 15) is 0 Å². The van der Waals surface area contributed by atoms with E-state index in [0.29, 0.717) is 17.3 Å². The summed E-state index contributed by atoms with van der Waals surface area (Å²) in [4.78, 5) is 9.04. The quantitative estimate of drug-likeness (QED) is 0.415. The van der Waals surface area contributed by atoms with E-state index in [-0.39, 0.29) is 0 Å². The fourth-order valence-electron chi connectivity index (χ4n) is 3.09. The summed E-state index contributed by atoms with van der Waals surface area (Å²) in [6.45, 7) is 1.94. The number of aryl methyl sites for hydroxylation is 1. The second kappa shape index (κ2) is 4.71. The molecule has 0 radical (unpaired) electrons. The minimum atomic E-state index is 0.446. The Hall–Kier alpha value is -3.08. The Kier molecular flexibility index (Phi) is 2.78. The molecule has 4 aromatic rings. The summed E-state index contributed by atoms with van der Waals surface area (Å²) in [7, 11) is 1.63. The number of methoxy groups -OCH3 is 1. The number of fused-ring (bicyclic) bond motifs is 5. The molecule has 2 heterocycles. The Bertz CT molecular complexity index is 1090. The molecule has 4 rings (SSSR count). The van der Waals surface area contributed by atoms with Gasteiger partial charge in [0.1, 0.15) is 11.6 Å². The molecule has 0 fully saturated rings. The second-order valence-corrected chi connectivity index (χ2v) is 5.58. The molecule has 0 unspecified atom stereocenters. The molecular formula is C18H16N4O. The molecule has 0 aliphatic heterocycles. The molecule has 5 heteroatoms. The molecule has 23 heavy (non-hydrogen) atoms. The van der Waals surface area contributed by atoms with Crippen molar-refractivity contribution >= 4 is 44.1 Å². The first-order valence-corrected chi connectivity index (χ1v) is 7.31. The molecule has 2 aromatic heterocycles. The maximum atomic E-state index is 6.19. The molecule has 0 saturated heterocycles. The summed E-state index contributed by atoms with van der Waals surface area (Å²) in [5, 5.41) is 3.75. The maximum absolute atomic E-state index is 6.19. The average Bonchev–Trinajstić information content (AvgIpc) is 2.58. The summed E-state index contributed by atoms with van der Waals surface area (Å²) >= 11 is 0. The molecule has 114 valence electrons. The van der Waals surface area contributed by atoms with Crippen LogP contribution in [0.1, 0.15) is 5.56 Å². The molecule has 0 amide bonds. The fourth-order valence-corrected chi connectivity index (χ4v) is 3.09. The Morgan fingerprint density at radius 3 is 2.61 bits per heavy atom. The summed E-state index contributed by atoms with van der Waals surface area (Å²) in [6.07, 6.45) is 1.77. The van der Waals surface area contributed by atoms with Crippen LogP contribution >= 0.6 is 0 Å². The molecule has 4 N–H and O–H groups in total. The van der Waals surface area contributed by atoms with Crippen molar-refractivity contribution in [3.8, 4) is 5.75 Å². The van der Waals surface area contributed by atoms with Crippen molar-refractivity contribution < 1.29 is 4.74 Å². The number of aromatic nitrogens is 2. The lowest BCUT2D eigenvalue weighted by atomic mass is 9.99. The third kappa shape index (κ3) is 1.80.